The number of pyridine rings is 1. The van der Waals surface area contributed by atoms with Crippen molar-refractivity contribution in [3.63, 3.8) is 0 Å². The van der Waals surface area contributed by atoms with Gasteiger partial charge in [-0.25, -0.2) is 0 Å². The number of hydrogen-bond acceptors (Lipinski definition) is 4. The van der Waals surface area contributed by atoms with Crippen LogP contribution in [0.15, 0.2) is 72.4 Å². The van der Waals surface area contributed by atoms with Crippen LogP contribution >= 0.6 is 0 Å². The molecule has 0 saturated heterocycles. The van der Waals surface area contributed by atoms with E-state index < -0.39 is 5.91 Å². The summed E-state index contributed by atoms with van der Waals surface area (Å²) in [6, 6.07) is 21.1. The van der Waals surface area contributed by atoms with E-state index in [4.69, 9.17) is 4.74 Å². The van der Waals surface area contributed by atoms with E-state index in [1.165, 1.54) is 0 Å². The number of fused-ring (bicyclic) bond motifs is 1. The number of hydrogen-bond donors (Lipinski definition) is 1. The lowest BCUT2D eigenvalue weighted by Gasteiger charge is -2.11. The van der Waals surface area contributed by atoms with Crippen molar-refractivity contribution in [2.45, 2.75) is 20.8 Å². The first kappa shape index (κ1) is 21.8. The van der Waals surface area contributed by atoms with Crippen molar-refractivity contribution in [1.82, 2.24) is 9.55 Å². The van der Waals surface area contributed by atoms with Crippen molar-refractivity contribution in [1.29, 1.82) is 5.26 Å². The van der Waals surface area contributed by atoms with Gasteiger partial charge >= 0.3 is 0 Å². The summed E-state index contributed by atoms with van der Waals surface area (Å²) in [5.74, 6) is 0.270. The van der Waals surface area contributed by atoms with Gasteiger partial charge in [-0.3, -0.25) is 9.78 Å². The lowest BCUT2D eigenvalue weighted by Crippen LogP contribution is -2.13. The van der Waals surface area contributed by atoms with Gasteiger partial charge in [-0.1, -0.05) is 6.07 Å². The van der Waals surface area contributed by atoms with Gasteiger partial charge in [0.2, 0.25) is 0 Å². The number of anilines is 1. The third kappa shape index (κ3) is 4.63. The fraction of sp³-hybridized carbons (Fsp3) is 0.148. The van der Waals surface area contributed by atoms with Crippen molar-refractivity contribution in [3.8, 4) is 17.5 Å². The highest BCUT2D eigenvalue weighted by Crippen LogP contribution is 2.25. The molecule has 6 heteroatoms. The summed E-state index contributed by atoms with van der Waals surface area (Å²) >= 11 is 0. The van der Waals surface area contributed by atoms with Gasteiger partial charge in [0.05, 0.1) is 12.1 Å². The minimum absolute atomic E-state index is 0.0341. The number of aryl methyl sites for hydroxylation is 1. The summed E-state index contributed by atoms with van der Waals surface area (Å²) in [6.07, 6.45) is 3.41. The molecule has 33 heavy (non-hydrogen) atoms. The number of rotatable bonds is 6. The van der Waals surface area contributed by atoms with Crippen LogP contribution in [0.4, 0.5) is 5.69 Å². The van der Waals surface area contributed by atoms with E-state index in [2.05, 4.69) is 20.9 Å². The SMILES string of the molecule is CCOc1ccc(NC(=O)/C(C#N)=C\c2cc(C)n(-c3ccc4ncccc4c3)c2C)cc1. The Hall–Kier alpha value is -4.37. The fourth-order valence-electron chi connectivity index (χ4n) is 3.84. The van der Waals surface area contributed by atoms with E-state index in [-0.39, 0.29) is 5.57 Å². The summed E-state index contributed by atoms with van der Waals surface area (Å²) in [5.41, 5.74) is 5.33. The predicted molar refractivity (Wildman–Crippen MR) is 130 cm³/mol. The summed E-state index contributed by atoms with van der Waals surface area (Å²) in [7, 11) is 0. The standard InChI is InChI=1S/C27H24N4O2/c1-4-33-25-10-7-23(8-11-25)30-27(32)22(17-28)15-21-14-18(2)31(19(21)3)24-9-12-26-20(16-24)6-5-13-29-26/h5-16H,4H2,1-3H3,(H,30,32)/b22-15-. The molecule has 4 rings (SSSR count). The molecule has 0 atom stereocenters. The Labute approximate surface area is 192 Å². The molecule has 2 aromatic heterocycles. The zero-order valence-corrected chi connectivity index (χ0v) is 18.8. The second kappa shape index (κ2) is 9.41. The zero-order valence-electron chi connectivity index (χ0n) is 18.8. The Morgan fingerprint density at radius 2 is 1.94 bits per heavy atom. The van der Waals surface area contributed by atoms with Crippen LogP contribution in [0, 0.1) is 25.2 Å². The number of benzene rings is 2. The Balaban J connectivity index is 1.61. The van der Waals surface area contributed by atoms with Crippen molar-refractivity contribution in [2.75, 3.05) is 11.9 Å². The number of amides is 1. The molecular formula is C27H24N4O2. The third-order valence-corrected chi connectivity index (χ3v) is 5.40. The van der Waals surface area contributed by atoms with E-state index in [1.54, 1.807) is 36.5 Å². The molecule has 0 bridgehead atoms. The molecule has 0 aliphatic heterocycles. The molecule has 0 radical (unpaired) electrons. The van der Waals surface area contributed by atoms with Crippen LogP contribution in [-0.4, -0.2) is 22.1 Å². The second-order valence-corrected chi connectivity index (χ2v) is 7.62. The lowest BCUT2D eigenvalue weighted by molar-refractivity contribution is -0.112. The Kier molecular flexibility index (Phi) is 6.23. The van der Waals surface area contributed by atoms with Gasteiger partial charge in [-0.15, -0.1) is 0 Å². The predicted octanol–water partition coefficient (Wildman–Crippen LogP) is 5.59. The van der Waals surface area contributed by atoms with Gasteiger partial charge in [0, 0.05) is 34.3 Å². The molecule has 164 valence electrons. The Morgan fingerprint density at radius 3 is 2.67 bits per heavy atom. The summed E-state index contributed by atoms with van der Waals surface area (Å²) in [6.45, 7) is 6.46. The topological polar surface area (TPSA) is 79.9 Å². The van der Waals surface area contributed by atoms with Gasteiger partial charge in [-0.2, -0.15) is 5.26 Å². The number of nitrogens with zero attached hydrogens (tertiary/aromatic N) is 3. The number of nitriles is 1. The van der Waals surface area contributed by atoms with Gasteiger partial charge in [0.25, 0.3) is 5.91 Å². The van der Waals surface area contributed by atoms with Crippen molar-refractivity contribution < 1.29 is 9.53 Å². The van der Waals surface area contributed by atoms with Crippen molar-refractivity contribution >= 4 is 28.6 Å². The minimum Gasteiger partial charge on any atom is -0.494 e. The van der Waals surface area contributed by atoms with Crippen LogP contribution in [0.1, 0.15) is 23.9 Å². The average Bonchev–Trinajstić information content (AvgIpc) is 3.11. The highest BCUT2D eigenvalue weighted by Gasteiger charge is 2.14. The lowest BCUT2D eigenvalue weighted by atomic mass is 10.1. The normalized spacial score (nSPS) is 11.3. The van der Waals surface area contributed by atoms with Crippen LogP contribution in [0.5, 0.6) is 5.75 Å². The molecule has 6 nitrogen and oxygen atoms in total. The smallest absolute Gasteiger partial charge is 0.266 e. The molecule has 0 spiro atoms. The first-order chi connectivity index (χ1) is 16.0. The van der Waals surface area contributed by atoms with Crippen LogP contribution in [0.3, 0.4) is 0 Å². The van der Waals surface area contributed by atoms with E-state index in [0.717, 1.165) is 39.3 Å². The average molecular weight is 437 g/mol. The second-order valence-electron chi connectivity index (χ2n) is 7.62. The summed E-state index contributed by atoms with van der Waals surface area (Å²) in [4.78, 5) is 17.1. The van der Waals surface area contributed by atoms with Gasteiger partial charge in [0.1, 0.15) is 17.4 Å². The molecule has 0 aliphatic rings. The first-order valence-corrected chi connectivity index (χ1v) is 10.7. The highest BCUT2D eigenvalue weighted by molar-refractivity contribution is 6.09. The van der Waals surface area contributed by atoms with E-state index >= 15 is 0 Å². The molecule has 1 N–H and O–H groups in total. The van der Waals surface area contributed by atoms with E-state index in [1.807, 2.05) is 57.2 Å². The van der Waals surface area contributed by atoms with Gasteiger partial charge in [0.15, 0.2) is 0 Å². The summed E-state index contributed by atoms with van der Waals surface area (Å²) in [5, 5.41) is 13.5. The number of ether oxygens (including phenoxy) is 1. The molecule has 4 aromatic rings. The Morgan fingerprint density at radius 1 is 1.15 bits per heavy atom. The van der Waals surface area contributed by atoms with Crippen LogP contribution in [-0.2, 0) is 4.79 Å². The quantitative estimate of drug-likeness (QED) is 0.316. The molecule has 0 fully saturated rings. The molecule has 0 unspecified atom stereocenters. The maximum atomic E-state index is 12.7. The molecule has 0 aliphatic carbocycles. The third-order valence-electron chi connectivity index (χ3n) is 5.40. The zero-order chi connectivity index (χ0) is 23.4. The maximum Gasteiger partial charge on any atom is 0.266 e. The van der Waals surface area contributed by atoms with Crippen LogP contribution in [0.25, 0.3) is 22.7 Å². The largest absolute Gasteiger partial charge is 0.494 e. The minimum atomic E-state index is -0.455. The summed E-state index contributed by atoms with van der Waals surface area (Å²) < 4.78 is 7.53. The number of aromatic nitrogens is 2. The van der Waals surface area contributed by atoms with Crippen LogP contribution in [0.2, 0.25) is 0 Å². The number of carbonyl (C=O) groups is 1. The molecular weight excluding hydrogens is 412 g/mol. The molecule has 0 saturated carbocycles. The van der Waals surface area contributed by atoms with Gasteiger partial charge < -0.3 is 14.6 Å². The fourth-order valence-corrected chi connectivity index (χ4v) is 3.84. The van der Waals surface area contributed by atoms with E-state index in [9.17, 15) is 10.1 Å². The monoisotopic (exact) mass is 436 g/mol. The highest BCUT2D eigenvalue weighted by atomic mass is 16.5. The van der Waals surface area contributed by atoms with Crippen LogP contribution < -0.4 is 10.1 Å². The maximum absolute atomic E-state index is 12.7. The number of nitrogens with one attached hydrogen (secondary N) is 1. The first-order valence-electron chi connectivity index (χ1n) is 10.7. The van der Waals surface area contributed by atoms with Gasteiger partial charge in [-0.05, 0) is 87.0 Å². The molecule has 2 aromatic carbocycles. The molecule has 2 heterocycles. The van der Waals surface area contributed by atoms with Crippen molar-refractivity contribution in [2.24, 2.45) is 0 Å². The number of carbonyl (C=O) groups excluding carboxylic acids is 1. The van der Waals surface area contributed by atoms with E-state index in [0.29, 0.717) is 12.3 Å². The Bertz CT molecular complexity index is 1390. The van der Waals surface area contributed by atoms with Crippen molar-refractivity contribution in [3.05, 3.63) is 89.4 Å². The molecule has 1 amide bonds.